The van der Waals surface area contributed by atoms with Gasteiger partial charge in [0, 0.05) is 25.7 Å². The van der Waals surface area contributed by atoms with Crippen LogP contribution in [0.25, 0.3) is 0 Å². The molecule has 4 aliphatic carbocycles. The van der Waals surface area contributed by atoms with Gasteiger partial charge in [-0.15, -0.1) is 11.3 Å². The van der Waals surface area contributed by atoms with E-state index in [1.807, 2.05) is 0 Å². The molecule has 4 aliphatic rings. The molecule has 0 saturated heterocycles. The zero-order valence-corrected chi connectivity index (χ0v) is 26.4. The highest BCUT2D eigenvalue weighted by Crippen LogP contribution is 2.53. The van der Waals surface area contributed by atoms with Gasteiger partial charge in [-0.3, -0.25) is 28.8 Å². The number of hydrogen-bond donors (Lipinski definition) is 4. The number of thiazole rings is 1. The molecule has 0 aromatic carbocycles. The van der Waals surface area contributed by atoms with E-state index in [9.17, 15) is 28.8 Å². The van der Waals surface area contributed by atoms with Crippen LogP contribution >= 0.6 is 27.3 Å². The Balaban J connectivity index is 1.25. The van der Waals surface area contributed by atoms with Crippen LogP contribution in [0.1, 0.15) is 60.3 Å². The lowest BCUT2D eigenvalue weighted by molar-refractivity contribution is -0.137. The van der Waals surface area contributed by atoms with Crippen LogP contribution in [0.2, 0.25) is 0 Å². The van der Waals surface area contributed by atoms with Gasteiger partial charge in [-0.1, -0.05) is 0 Å². The summed E-state index contributed by atoms with van der Waals surface area (Å²) in [6.45, 7) is 1.46. The minimum atomic E-state index is -1.24. The molecule has 0 spiro atoms. The minimum absolute atomic E-state index is 0.0801. The second kappa shape index (κ2) is 13.1. The number of carbonyl (C=O) groups excluding carboxylic acids is 5. The zero-order valence-electron chi connectivity index (χ0n) is 24.0. The van der Waals surface area contributed by atoms with E-state index in [1.54, 1.807) is 13.0 Å². The van der Waals surface area contributed by atoms with E-state index >= 15 is 0 Å². The molecule has 6 rings (SSSR count). The summed E-state index contributed by atoms with van der Waals surface area (Å²) in [6.07, 6.45) is 6.94. The molecular formula is C29H35BrN6O6S. The van der Waals surface area contributed by atoms with Crippen LogP contribution in [-0.4, -0.2) is 58.1 Å². The number of rotatable bonds is 11. The van der Waals surface area contributed by atoms with Gasteiger partial charge >= 0.3 is 0 Å². The highest BCUT2D eigenvalue weighted by Gasteiger charge is 2.48. The molecule has 43 heavy (non-hydrogen) atoms. The summed E-state index contributed by atoms with van der Waals surface area (Å²) < 4.78 is 1.73. The maximum atomic E-state index is 13.3. The van der Waals surface area contributed by atoms with Gasteiger partial charge in [-0.05, 0) is 97.2 Å². The number of likely N-dealkylation sites (N-methyl/N-ethyl adjacent to an activating group) is 1. The minimum Gasteiger partial charge on any atom is -0.353 e. The fourth-order valence-corrected chi connectivity index (χ4v) is 8.57. The molecule has 2 aromatic rings. The standard InChI is InChI=1S/C29H35BrN6O6S/c1-14-24(43-29(30)32-14)27(41)33-19(5-6-21(37)26(40)31-2)25(39)34-20-4-3-7-36(28(20)42)13-22(38)35-23-17-9-15-8-16(11-17)12-18(23)10-15/h3-4,7,15-19,23H,5-6,8-13H2,1-2H3,(H,31,40)(H,33,41)(H,34,39)(H,35,38)/t15?,16?,17?,18?,19-,23?/m0/s1. The monoisotopic (exact) mass is 674 g/mol. The molecule has 0 unspecified atom stereocenters. The van der Waals surface area contributed by atoms with Crippen LogP contribution in [0.5, 0.6) is 0 Å². The molecule has 2 heterocycles. The average Bonchev–Trinajstić information content (AvgIpc) is 3.31. The number of carbonyl (C=O) groups is 5. The van der Waals surface area contributed by atoms with E-state index in [1.165, 1.54) is 30.3 Å². The number of ketones is 1. The van der Waals surface area contributed by atoms with Gasteiger partial charge in [-0.2, -0.15) is 0 Å². The molecule has 4 N–H and O–H groups in total. The third-order valence-corrected chi connectivity index (χ3v) is 10.5. The van der Waals surface area contributed by atoms with Crippen molar-refractivity contribution < 1.29 is 24.0 Å². The molecule has 12 nitrogen and oxygen atoms in total. The summed E-state index contributed by atoms with van der Waals surface area (Å²) in [5.74, 6) is -0.577. The van der Waals surface area contributed by atoms with Gasteiger partial charge in [0.25, 0.3) is 17.4 Å². The Hall–Kier alpha value is -3.39. The number of nitrogens with one attached hydrogen (secondary N) is 4. The van der Waals surface area contributed by atoms with Crippen LogP contribution in [0.15, 0.2) is 27.0 Å². The third-order valence-electron chi connectivity index (χ3n) is 8.89. The van der Waals surface area contributed by atoms with Crippen LogP contribution < -0.4 is 26.8 Å². The molecule has 14 heteroatoms. The van der Waals surface area contributed by atoms with E-state index in [0.29, 0.717) is 21.4 Å². The molecule has 230 valence electrons. The van der Waals surface area contributed by atoms with Gasteiger partial charge < -0.3 is 25.8 Å². The lowest BCUT2D eigenvalue weighted by atomic mass is 9.54. The average molecular weight is 676 g/mol. The number of aryl methyl sites for hydroxylation is 1. The van der Waals surface area contributed by atoms with Crippen LogP contribution in [-0.2, 0) is 25.7 Å². The van der Waals surface area contributed by atoms with Crippen LogP contribution in [0.4, 0.5) is 5.69 Å². The van der Waals surface area contributed by atoms with Crippen molar-refractivity contribution in [3.63, 3.8) is 0 Å². The summed E-state index contributed by atoms with van der Waals surface area (Å²) >= 11 is 4.32. The number of halogens is 1. The SMILES string of the molecule is CNC(=O)C(=O)CC[C@H](NC(=O)c1sc(Br)nc1C)C(=O)Nc1cccn(CC(=O)NC2C3CC4CC(C3)CC2C4)c1=O. The predicted octanol–water partition coefficient (Wildman–Crippen LogP) is 2.15. The fourth-order valence-electron chi connectivity index (χ4n) is 7.12. The quantitative estimate of drug-likeness (QED) is 0.265. The number of aromatic nitrogens is 2. The lowest BCUT2D eigenvalue weighted by Crippen LogP contribution is -2.56. The van der Waals surface area contributed by atoms with E-state index in [2.05, 4.69) is 42.2 Å². The highest BCUT2D eigenvalue weighted by molar-refractivity contribution is 9.11. The van der Waals surface area contributed by atoms with Crippen molar-refractivity contribution in [2.45, 2.75) is 70.5 Å². The maximum absolute atomic E-state index is 13.3. The number of Topliss-reactive ketones (excluding diaryl/α,β-unsaturated/α-hetero) is 1. The Morgan fingerprint density at radius 2 is 1.77 bits per heavy atom. The van der Waals surface area contributed by atoms with Gasteiger partial charge in [0.1, 0.15) is 23.2 Å². The van der Waals surface area contributed by atoms with Crippen molar-refractivity contribution in [1.82, 2.24) is 25.5 Å². The first-order chi connectivity index (χ1) is 20.5. The van der Waals surface area contributed by atoms with E-state index < -0.39 is 35.1 Å². The summed E-state index contributed by atoms with van der Waals surface area (Å²) in [5.41, 5.74) is -0.207. The highest BCUT2D eigenvalue weighted by atomic mass is 79.9. The Kier molecular flexibility index (Phi) is 9.45. The Labute approximate surface area is 260 Å². The molecular weight excluding hydrogens is 640 g/mol. The largest absolute Gasteiger partial charge is 0.353 e. The first-order valence-electron chi connectivity index (χ1n) is 14.5. The van der Waals surface area contributed by atoms with Crippen molar-refractivity contribution in [1.29, 1.82) is 0 Å². The number of amides is 4. The summed E-state index contributed by atoms with van der Waals surface area (Å²) in [4.78, 5) is 80.8. The summed E-state index contributed by atoms with van der Waals surface area (Å²) in [6, 6.07) is 1.86. The van der Waals surface area contributed by atoms with Crippen molar-refractivity contribution in [2.75, 3.05) is 12.4 Å². The smallest absolute Gasteiger partial charge is 0.287 e. The molecule has 4 fully saturated rings. The van der Waals surface area contributed by atoms with Gasteiger partial charge in [0.05, 0.1) is 5.69 Å². The number of nitrogens with zero attached hydrogens (tertiary/aromatic N) is 2. The van der Waals surface area contributed by atoms with Crippen molar-refractivity contribution >= 4 is 62.4 Å². The Morgan fingerprint density at radius 3 is 2.37 bits per heavy atom. The normalized spacial score (nSPS) is 24.2. The Bertz CT molecular complexity index is 1480. The van der Waals surface area contributed by atoms with Gasteiger partial charge in [0.15, 0.2) is 3.92 Å². The number of hydrogen-bond acceptors (Lipinski definition) is 8. The lowest BCUT2D eigenvalue weighted by Gasteiger charge is -2.54. The summed E-state index contributed by atoms with van der Waals surface area (Å²) in [5, 5.41) is 10.6. The van der Waals surface area contributed by atoms with Crippen molar-refractivity contribution in [2.24, 2.45) is 23.7 Å². The zero-order chi connectivity index (χ0) is 30.8. The number of pyridine rings is 1. The van der Waals surface area contributed by atoms with E-state index in [4.69, 9.17) is 0 Å². The fraction of sp³-hybridized carbons (Fsp3) is 0.552. The second-order valence-electron chi connectivity index (χ2n) is 11.8. The summed E-state index contributed by atoms with van der Waals surface area (Å²) in [7, 11) is 1.32. The predicted molar refractivity (Wildman–Crippen MR) is 162 cm³/mol. The second-order valence-corrected chi connectivity index (χ2v) is 14.1. The molecule has 4 bridgehead atoms. The van der Waals surface area contributed by atoms with E-state index in [0.717, 1.165) is 48.9 Å². The van der Waals surface area contributed by atoms with Crippen LogP contribution in [0, 0.1) is 30.6 Å². The van der Waals surface area contributed by atoms with Crippen molar-refractivity contribution in [3.05, 3.63) is 43.2 Å². The molecule has 4 amide bonds. The maximum Gasteiger partial charge on any atom is 0.287 e. The Morgan fingerprint density at radius 1 is 1.09 bits per heavy atom. The third kappa shape index (κ3) is 7.06. The molecule has 0 aliphatic heterocycles. The first-order valence-corrected chi connectivity index (χ1v) is 16.1. The first kappa shape index (κ1) is 31.0. The molecule has 1 atom stereocenters. The number of anilines is 1. The van der Waals surface area contributed by atoms with Crippen molar-refractivity contribution in [3.8, 4) is 0 Å². The van der Waals surface area contributed by atoms with Gasteiger partial charge in [-0.25, -0.2) is 4.98 Å². The van der Waals surface area contributed by atoms with Crippen LogP contribution in [0.3, 0.4) is 0 Å². The molecule has 2 aromatic heterocycles. The molecule has 0 radical (unpaired) electrons. The van der Waals surface area contributed by atoms with E-state index in [-0.39, 0.29) is 41.9 Å². The topological polar surface area (TPSA) is 168 Å². The van der Waals surface area contributed by atoms with Gasteiger partial charge in [0.2, 0.25) is 17.6 Å². The molecule has 4 saturated carbocycles.